The van der Waals surface area contributed by atoms with Gasteiger partial charge in [0.25, 0.3) is 0 Å². The van der Waals surface area contributed by atoms with E-state index in [1.807, 2.05) is 0 Å². The average Bonchev–Trinajstić information content (AvgIpc) is 2.92. The zero-order chi connectivity index (χ0) is 20.7. The number of ether oxygens (including phenoxy) is 1. The van der Waals surface area contributed by atoms with Crippen molar-refractivity contribution in [1.82, 2.24) is 25.4 Å². The summed E-state index contributed by atoms with van der Waals surface area (Å²) in [5.41, 5.74) is 0.151. The molecule has 1 aromatic heterocycles. The second-order valence-electron chi connectivity index (χ2n) is 9.45. The Morgan fingerprint density at radius 3 is 2.77 bits per heavy atom. The Morgan fingerprint density at radius 2 is 2.00 bits per heavy atom. The van der Waals surface area contributed by atoms with Crippen LogP contribution in [0.4, 0.5) is 0 Å². The second kappa shape index (κ2) is 12.2. The van der Waals surface area contributed by atoms with Crippen molar-refractivity contribution >= 4 is 29.9 Å². The van der Waals surface area contributed by atoms with Crippen molar-refractivity contribution in [3.63, 3.8) is 0 Å². The summed E-state index contributed by atoms with van der Waals surface area (Å²) in [5.74, 6) is 3.62. The van der Waals surface area contributed by atoms with Gasteiger partial charge < -0.3 is 19.9 Å². The lowest BCUT2D eigenvalue weighted by Crippen LogP contribution is -2.43. The number of aromatic nitrogens is 3. The maximum atomic E-state index is 6.11. The predicted molar refractivity (Wildman–Crippen MR) is 133 cm³/mol. The number of hydrogen-bond acceptors (Lipinski definition) is 4. The molecule has 1 fully saturated rings. The summed E-state index contributed by atoms with van der Waals surface area (Å²) < 4.78 is 8.44. The lowest BCUT2D eigenvalue weighted by atomic mass is 9.78. The normalized spacial score (nSPS) is 22.6. The monoisotopic (exact) mass is 532 g/mol. The van der Waals surface area contributed by atoms with Crippen LogP contribution in [0.25, 0.3) is 0 Å². The van der Waals surface area contributed by atoms with Gasteiger partial charge in [-0.1, -0.05) is 27.2 Å². The fourth-order valence-electron chi connectivity index (χ4n) is 4.56. The van der Waals surface area contributed by atoms with E-state index in [9.17, 15) is 0 Å². The second-order valence-corrected chi connectivity index (χ2v) is 9.45. The van der Waals surface area contributed by atoms with Gasteiger partial charge in [-0.25, -0.2) is 0 Å². The molecule has 8 heteroatoms. The molecule has 2 unspecified atom stereocenters. The predicted octanol–water partition coefficient (Wildman–Crippen LogP) is 3.56. The van der Waals surface area contributed by atoms with Gasteiger partial charge >= 0.3 is 0 Å². The molecule has 7 nitrogen and oxygen atoms in total. The molecule has 30 heavy (non-hydrogen) atoms. The van der Waals surface area contributed by atoms with Gasteiger partial charge in [0.15, 0.2) is 5.96 Å². The van der Waals surface area contributed by atoms with Gasteiger partial charge in [-0.05, 0) is 38.0 Å². The van der Waals surface area contributed by atoms with Gasteiger partial charge in [-0.15, -0.1) is 34.2 Å². The van der Waals surface area contributed by atoms with Crippen LogP contribution in [0.1, 0.15) is 71.4 Å². The van der Waals surface area contributed by atoms with Gasteiger partial charge in [-0.2, -0.15) is 0 Å². The lowest BCUT2D eigenvalue weighted by Gasteiger charge is -2.39. The number of aliphatic imine (C=N–C) groups is 1. The smallest absolute Gasteiger partial charge is 0.191 e. The summed E-state index contributed by atoms with van der Waals surface area (Å²) in [6.07, 6.45) is 8.28. The third-order valence-electron chi connectivity index (χ3n) is 5.95. The maximum absolute atomic E-state index is 6.11. The number of nitrogens with one attached hydrogen (secondary N) is 2. The number of guanidine groups is 1. The first-order valence-corrected chi connectivity index (χ1v) is 11.5. The van der Waals surface area contributed by atoms with Crippen LogP contribution >= 0.6 is 24.0 Å². The van der Waals surface area contributed by atoms with Gasteiger partial charge in [0.05, 0.1) is 6.10 Å². The SMILES string of the molecule is CCNC(=NCC1CCCOC1C(C)(C)C)NCCc1nnc2n1CCCCC2.I. The summed E-state index contributed by atoms with van der Waals surface area (Å²) in [7, 11) is 0. The molecule has 0 aromatic carbocycles. The van der Waals surface area contributed by atoms with Gasteiger partial charge in [0.1, 0.15) is 11.6 Å². The van der Waals surface area contributed by atoms with Crippen LogP contribution in [-0.2, 0) is 24.1 Å². The zero-order valence-electron chi connectivity index (χ0n) is 19.2. The highest BCUT2D eigenvalue weighted by Gasteiger charge is 2.35. The summed E-state index contributed by atoms with van der Waals surface area (Å²) in [6, 6.07) is 0. The molecule has 0 aliphatic carbocycles. The van der Waals surface area contributed by atoms with E-state index >= 15 is 0 Å². The molecule has 0 bridgehead atoms. The quantitative estimate of drug-likeness (QED) is 0.333. The molecule has 1 saturated heterocycles. The molecule has 0 radical (unpaired) electrons. The van der Waals surface area contributed by atoms with E-state index in [0.717, 1.165) is 69.7 Å². The number of rotatable bonds is 6. The molecule has 2 aliphatic heterocycles. The fraction of sp³-hybridized carbons (Fsp3) is 0.864. The molecule has 2 atom stereocenters. The molecular formula is C22H41IN6O. The number of nitrogens with zero attached hydrogens (tertiary/aromatic N) is 4. The third-order valence-corrected chi connectivity index (χ3v) is 5.95. The third kappa shape index (κ3) is 7.07. The molecule has 1 aromatic rings. The Morgan fingerprint density at radius 1 is 1.17 bits per heavy atom. The molecule has 0 saturated carbocycles. The minimum Gasteiger partial charge on any atom is -0.377 e. The van der Waals surface area contributed by atoms with E-state index in [1.54, 1.807) is 0 Å². The first-order valence-electron chi connectivity index (χ1n) is 11.5. The van der Waals surface area contributed by atoms with Gasteiger partial charge in [0, 0.05) is 51.5 Å². The summed E-state index contributed by atoms with van der Waals surface area (Å²) in [6.45, 7) is 13.3. The minimum absolute atomic E-state index is 0. The summed E-state index contributed by atoms with van der Waals surface area (Å²) in [4.78, 5) is 4.89. The molecule has 0 amide bonds. The molecule has 2 N–H and O–H groups in total. The topological polar surface area (TPSA) is 76.4 Å². The molecular weight excluding hydrogens is 491 g/mol. The largest absolute Gasteiger partial charge is 0.377 e. The molecule has 172 valence electrons. The Balaban J connectivity index is 0.00000320. The Bertz CT molecular complexity index is 669. The fourth-order valence-corrected chi connectivity index (χ4v) is 4.56. The Kier molecular flexibility index (Phi) is 10.3. The maximum Gasteiger partial charge on any atom is 0.191 e. The van der Waals surface area contributed by atoms with Crippen LogP contribution < -0.4 is 10.6 Å². The molecule has 3 rings (SSSR count). The highest BCUT2D eigenvalue weighted by molar-refractivity contribution is 14.0. The van der Waals surface area contributed by atoms with Crippen molar-refractivity contribution < 1.29 is 4.74 Å². The Labute approximate surface area is 199 Å². The van der Waals surface area contributed by atoms with Crippen molar-refractivity contribution in [3.05, 3.63) is 11.6 Å². The van der Waals surface area contributed by atoms with E-state index in [2.05, 4.69) is 53.1 Å². The van der Waals surface area contributed by atoms with Crippen molar-refractivity contribution in [1.29, 1.82) is 0 Å². The minimum atomic E-state index is 0. The van der Waals surface area contributed by atoms with E-state index in [-0.39, 0.29) is 35.5 Å². The van der Waals surface area contributed by atoms with Crippen molar-refractivity contribution in [3.8, 4) is 0 Å². The van der Waals surface area contributed by atoms with Crippen molar-refractivity contribution in [2.45, 2.75) is 85.3 Å². The van der Waals surface area contributed by atoms with Gasteiger partial charge in [0.2, 0.25) is 0 Å². The van der Waals surface area contributed by atoms with Crippen LogP contribution in [0.5, 0.6) is 0 Å². The van der Waals surface area contributed by atoms with Crippen molar-refractivity contribution in [2.24, 2.45) is 16.3 Å². The number of hydrogen-bond donors (Lipinski definition) is 2. The molecule has 2 aliphatic rings. The number of aryl methyl sites for hydroxylation is 1. The highest BCUT2D eigenvalue weighted by Crippen LogP contribution is 2.34. The van der Waals surface area contributed by atoms with Crippen LogP contribution in [0.15, 0.2) is 4.99 Å². The van der Waals surface area contributed by atoms with E-state index < -0.39 is 0 Å². The highest BCUT2D eigenvalue weighted by atomic mass is 127. The Hall–Kier alpha value is -0.900. The van der Waals surface area contributed by atoms with Crippen molar-refractivity contribution in [2.75, 3.05) is 26.2 Å². The van der Waals surface area contributed by atoms with E-state index in [4.69, 9.17) is 9.73 Å². The number of fused-ring (bicyclic) bond motifs is 1. The van der Waals surface area contributed by atoms with Crippen LogP contribution in [0.2, 0.25) is 0 Å². The average molecular weight is 533 g/mol. The van der Waals surface area contributed by atoms with Gasteiger partial charge in [-0.3, -0.25) is 4.99 Å². The number of halogens is 1. The van der Waals surface area contributed by atoms with Crippen LogP contribution in [0.3, 0.4) is 0 Å². The summed E-state index contributed by atoms with van der Waals surface area (Å²) >= 11 is 0. The first-order chi connectivity index (χ1) is 14.0. The van der Waals surface area contributed by atoms with Crippen LogP contribution in [0, 0.1) is 11.3 Å². The van der Waals surface area contributed by atoms with E-state index in [1.165, 1.54) is 25.7 Å². The first kappa shape index (κ1) is 25.4. The zero-order valence-corrected chi connectivity index (χ0v) is 21.6. The van der Waals surface area contributed by atoms with E-state index in [0.29, 0.717) is 5.92 Å². The molecule has 3 heterocycles. The lowest BCUT2D eigenvalue weighted by molar-refractivity contribution is -0.0823. The molecule has 0 spiro atoms. The standard InChI is InChI=1S/C22H40N6O.HI/c1-5-23-21(25-16-17-10-9-15-29-20(17)22(2,3)4)24-13-12-19-27-26-18-11-7-6-8-14-28(18)19;/h17,20H,5-16H2,1-4H3,(H2,23,24,25);1H. The summed E-state index contributed by atoms with van der Waals surface area (Å²) in [5, 5.41) is 15.7. The van der Waals surface area contributed by atoms with Crippen LogP contribution in [-0.4, -0.2) is 53.1 Å².